The van der Waals surface area contributed by atoms with Crippen LogP contribution in [0.5, 0.6) is 0 Å². The van der Waals surface area contributed by atoms with Crippen molar-refractivity contribution in [3.05, 3.63) is 28.2 Å². The summed E-state index contributed by atoms with van der Waals surface area (Å²) in [6.07, 6.45) is 2.61. The molecule has 2 fully saturated rings. The second-order valence-corrected chi connectivity index (χ2v) is 6.10. The zero-order chi connectivity index (χ0) is 14.1. The highest BCUT2D eigenvalue weighted by molar-refractivity contribution is 6.39. The third-order valence-electron chi connectivity index (χ3n) is 3.86. The number of nitrogens with zero attached hydrogens (tertiary/aromatic N) is 2. The van der Waals surface area contributed by atoms with Gasteiger partial charge in [0.25, 0.3) is 0 Å². The fourth-order valence-electron chi connectivity index (χ4n) is 2.53. The molecule has 3 rings (SSSR count). The molecular formula is C14H17Cl2N3O. The first kappa shape index (κ1) is 14.0. The van der Waals surface area contributed by atoms with Gasteiger partial charge in [0.2, 0.25) is 0 Å². The molecule has 1 heterocycles. The third kappa shape index (κ3) is 3.03. The van der Waals surface area contributed by atoms with Gasteiger partial charge in [0, 0.05) is 32.2 Å². The summed E-state index contributed by atoms with van der Waals surface area (Å²) in [5.74, 6) is 0. The van der Waals surface area contributed by atoms with Crippen molar-refractivity contribution in [3.8, 4) is 0 Å². The minimum atomic E-state index is -0.129. The number of piperazine rings is 1. The van der Waals surface area contributed by atoms with Crippen LogP contribution >= 0.6 is 23.2 Å². The number of urea groups is 1. The molecule has 0 unspecified atom stereocenters. The number of amides is 2. The maximum Gasteiger partial charge on any atom is 0.322 e. The van der Waals surface area contributed by atoms with E-state index in [0.717, 1.165) is 32.2 Å². The summed E-state index contributed by atoms with van der Waals surface area (Å²) in [5.41, 5.74) is 0.491. The highest BCUT2D eigenvalue weighted by atomic mass is 35.5. The Balaban J connectivity index is 1.59. The molecule has 2 aliphatic rings. The molecule has 6 heteroatoms. The summed E-state index contributed by atoms with van der Waals surface area (Å²) in [6.45, 7) is 3.41. The van der Waals surface area contributed by atoms with Crippen molar-refractivity contribution in [1.29, 1.82) is 0 Å². The maximum absolute atomic E-state index is 12.2. The molecule has 1 saturated carbocycles. The van der Waals surface area contributed by atoms with Gasteiger partial charge in [-0.2, -0.15) is 0 Å². The van der Waals surface area contributed by atoms with Crippen LogP contribution < -0.4 is 5.32 Å². The van der Waals surface area contributed by atoms with Crippen LogP contribution in [0.1, 0.15) is 12.8 Å². The molecule has 1 aliphatic heterocycles. The monoisotopic (exact) mass is 313 g/mol. The van der Waals surface area contributed by atoms with Crippen molar-refractivity contribution >= 4 is 34.9 Å². The number of hydrogen-bond acceptors (Lipinski definition) is 2. The Hall–Kier alpha value is -0.970. The number of para-hydroxylation sites is 1. The molecule has 4 nitrogen and oxygen atoms in total. The molecule has 0 radical (unpaired) electrons. The summed E-state index contributed by atoms with van der Waals surface area (Å²) in [7, 11) is 0. The molecule has 2 amide bonds. The van der Waals surface area contributed by atoms with Gasteiger partial charge in [0.1, 0.15) is 0 Å². The maximum atomic E-state index is 12.2. The number of benzene rings is 1. The first-order chi connectivity index (χ1) is 9.65. The van der Waals surface area contributed by atoms with Gasteiger partial charge in [0.15, 0.2) is 0 Å². The van der Waals surface area contributed by atoms with E-state index in [-0.39, 0.29) is 6.03 Å². The third-order valence-corrected chi connectivity index (χ3v) is 4.49. The van der Waals surface area contributed by atoms with Crippen molar-refractivity contribution in [3.63, 3.8) is 0 Å². The Labute approximate surface area is 128 Å². The van der Waals surface area contributed by atoms with Gasteiger partial charge in [-0.25, -0.2) is 4.79 Å². The molecule has 1 saturated heterocycles. The number of anilines is 1. The normalized spacial score (nSPS) is 20.0. The standard InChI is InChI=1S/C14H17Cl2N3O/c15-11-2-1-3-12(16)13(11)17-14(20)19-8-6-18(7-9-19)10-4-5-10/h1-3,10H,4-9H2,(H,17,20). The predicted molar refractivity (Wildman–Crippen MR) is 81.6 cm³/mol. The first-order valence-electron chi connectivity index (χ1n) is 6.89. The lowest BCUT2D eigenvalue weighted by Crippen LogP contribution is -2.50. The highest BCUT2D eigenvalue weighted by Crippen LogP contribution is 2.30. The lowest BCUT2D eigenvalue weighted by atomic mass is 10.3. The molecular weight excluding hydrogens is 297 g/mol. The van der Waals surface area contributed by atoms with E-state index in [9.17, 15) is 4.79 Å². The Morgan fingerprint density at radius 1 is 1.10 bits per heavy atom. The summed E-state index contributed by atoms with van der Waals surface area (Å²) >= 11 is 12.1. The van der Waals surface area contributed by atoms with E-state index < -0.39 is 0 Å². The van der Waals surface area contributed by atoms with Gasteiger partial charge in [0.05, 0.1) is 15.7 Å². The van der Waals surface area contributed by atoms with Crippen molar-refractivity contribution < 1.29 is 4.79 Å². The number of carbonyl (C=O) groups is 1. The van der Waals surface area contributed by atoms with Crippen molar-refractivity contribution in [1.82, 2.24) is 9.80 Å². The number of hydrogen-bond donors (Lipinski definition) is 1. The zero-order valence-corrected chi connectivity index (χ0v) is 12.6. The van der Waals surface area contributed by atoms with Crippen LogP contribution in [0.4, 0.5) is 10.5 Å². The predicted octanol–water partition coefficient (Wildman–Crippen LogP) is 3.31. The molecule has 1 aliphatic carbocycles. The average Bonchev–Trinajstić information content (AvgIpc) is 3.28. The molecule has 0 aromatic heterocycles. The number of carbonyl (C=O) groups excluding carboxylic acids is 1. The number of rotatable bonds is 2. The molecule has 0 atom stereocenters. The van der Waals surface area contributed by atoms with E-state index in [0.29, 0.717) is 15.7 Å². The summed E-state index contributed by atoms with van der Waals surface area (Å²) < 4.78 is 0. The van der Waals surface area contributed by atoms with Crippen molar-refractivity contribution in [2.45, 2.75) is 18.9 Å². The molecule has 0 spiro atoms. The van der Waals surface area contributed by atoms with E-state index in [1.807, 2.05) is 4.90 Å². The molecule has 20 heavy (non-hydrogen) atoms. The van der Waals surface area contributed by atoms with Gasteiger partial charge < -0.3 is 10.2 Å². The Morgan fingerprint density at radius 2 is 1.70 bits per heavy atom. The van der Waals surface area contributed by atoms with Crippen molar-refractivity contribution in [2.24, 2.45) is 0 Å². The van der Waals surface area contributed by atoms with Crippen LogP contribution in [-0.4, -0.2) is 48.1 Å². The second kappa shape index (κ2) is 5.80. The van der Waals surface area contributed by atoms with E-state index in [1.54, 1.807) is 18.2 Å². The van der Waals surface area contributed by atoms with Crippen LogP contribution in [0.25, 0.3) is 0 Å². The van der Waals surface area contributed by atoms with E-state index in [4.69, 9.17) is 23.2 Å². The fourth-order valence-corrected chi connectivity index (χ4v) is 3.03. The minimum Gasteiger partial charge on any atom is -0.322 e. The zero-order valence-electron chi connectivity index (χ0n) is 11.1. The Bertz CT molecular complexity index is 491. The molecule has 1 N–H and O–H groups in total. The van der Waals surface area contributed by atoms with Crippen LogP contribution in [0.2, 0.25) is 10.0 Å². The van der Waals surface area contributed by atoms with Crippen molar-refractivity contribution in [2.75, 3.05) is 31.5 Å². The van der Waals surface area contributed by atoms with Gasteiger partial charge in [-0.1, -0.05) is 29.3 Å². The van der Waals surface area contributed by atoms with Gasteiger partial charge in [-0.3, -0.25) is 4.90 Å². The quantitative estimate of drug-likeness (QED) is 0.909. The molecule has 1 aromatic rings. The Morgan fingerprint density at radius 3 is 2.25 bits per heavy atom. The average molecular weight is 314 g/mol. The Kier molecular flexibility index (Phi) is 4.06. The molecule has 1 aromatic carbocycles. The minimum absolute atomic E-state index is 0.129. The van der Waals surface area contributed by atoms with E-state index in [2.05, 4.69) is 10.2 Å². The SMILES string of the molecule is O=C(Nc1c(Cl)cccc1Cl)N1CCN(C2CC2)CC1. The molecule has 108 valence electrons. The summed E-state index contributed by atoms with van der Waals surface area (Å²) in [5, 5.41) is 3.73. The lowest BCUT2D eigenvalue weighted by Gasteiger charge is -2.34. The molecule has 0 bridgehead atoms. The van der Waals surface area contributed by atoms with Crippen LogP contribution in [0.15, 0.2) is 18.2 Å². The van der Waals surface area contributed by atoms with Crippen LogP contribution in [0.3, 0.4) is 0 Å². The van der Waals surface area contributed by atoms with Gasteiger partial charge >= 0.3 is 6.03 Å². The van der Waals surface area contributed by atoms with Crippen LogP contribution in [0, 0.1) is 0 Å². The first-order valence-corrected chi connectivity index (χ1v) is 7.65. The largest absolute Gasteiger partial charge is 0.322 e. The topological polar surface area (TPSA) is 35.6 Å². The van der Waals surface area contributed by atoms with Gasteiger partial charge in [-0.15, -0.1) is 0 Å². The number of halogens is 2. The fraction of sp³-hybridized carbons (Fsp3) is 0.500. The summed E-state index contributed by atoms with van der Waals surface area (Å²) in [4.78, 5) is 16.5. The smallest absolute Gasteiger partial charge is 0.322 e. The second-order valence-electron chi connectivity index (χ2n) is 5.28. The summed E-state index contributed by atoms with van der Waals surface area (Å²) in [6, 6.07) is 5.82. The van der Waals surface area contributed by atoms with E-state index >= 15 is 0 Å². The highest BCUT2D eigenvalue weighted by Gasteiger charge is 2.32. The van der Waals surface area contributed by atoms with Gasteiger partial charge in [-0.05, 0) is 25.0 Å². The van der Waals surface area contributed by atoms with Crippen LogP contribution in [-0.2, 0) is 0 Å². The lowest BCUT2D eigenvalue weighted by molar-refractivity contribution is 0.142. The van der Waals surface area contributed by atoms with E-state index in [1.165, 1.54) is 12.8 Å². The number of nitrogens with one attached hydrogen (secondary N) is 1.